The van der Waals surface area contributed by atoms with E-state index in [0.29, 0.717) is 6.42 Å². The van der Waals surface area contributed by atoms with Gasteiger partial charge in [0.25, 0.3) is 0 Å². The van der Waals surface area contributed by atoms with Crippen LogP contribution in [0.25, 0.3) is 0 Å². The SMILES string of the molecule is CCOC(=O)NCCCNS(=O)(=O)C1CCS(=O)(=O)C1. The maximum absolute atomic E-state index is 11.8. The Morgan fingerprint density at radius 1 is 1.35 bits per heavy atom. The summed E-state index contributed by atoms with van der Waals surface area (Å²) in [5.74, 6) is -0.396. The van der Waals surface area contributed by atoms with Crippen LogP contribution in [0.15, 0.2) is 0 Å². The zero-order chi connectivity index (χ0) is 15.2. The Morgan fingerprint density at radius 2 is 2.05 bits per heavy atom. The van der Waals surface area contributed by atoms with Crippen molar-refractivity contribution in [2.75, 3.05) is 31.2 Å². The molecular formula is C10H20N2O6S2. The van der Waals surface area contributed by atoms with E-state index < -0.39 is 31.2 Å². The summed E-state index contributed by atoms with van der Waals surface area (Å²) in [6.07, 6.45) is -0.00627. The highest BCUT2D eigenvalue weighted by Crippen LogP contribution is 2.17. The summed E-state index contributed by atoms with van der Waals surface area (Å²) in [4.78, 5) is 10.9. The van der Waals surface area contributed by atoms with E-state index in [0.717, 1.165) is 0 Å². The molecule has 1 saturated heterocycles. The standard InChI is InChI=1S/C10H20N2O6S2/c1-2-18-10(13)11-5-3-6-12-20(16,17)9-4-7-19(14,15)8-9/h9,12H,2-8H2,1H3,(H,11,13). The topological polar surface area (TPSA) is 119 Å². The lowest BCUT2D eigenvalue weighted by Crippen LogP contribution is -2.37. The fourth-order valence-electron chi connectivity index (χ4n) is 1.80. The van der Waals surface area contributed by atoms with Crippen molar-refractivity contribution >= 4 is 26.0 Å². The highest BCUT2D eigenvalue weighted by Gasteiger charge is 2.36. The van der Waals surface area contributed by atoms with Crippen molar-refractivity contribution in [1.29, 1.82) is 0 Å². The Hall–Kier alpha value is -0.870. The molecule has 1 amide bonds. The van der Waals surface area contributed by atoms with E-state index in [1.807, 2.05) is 0 Å². The fourth-order valence-corrected chi connectivity index (χ4v) is 5.92. The van der Waals surface area contributed by atoms with E-state index in [1.165, 1.54) is 0 Å². The van der Waals surface area contributed by atoms with Gasteiger partial charge in [0.2, 0.25) is 10.0 Å². The Labute approximate surface area is 119 Å². The summed E-state index contributed by atoms with van der Waals surface area (Å²) < 4.78 is 53.2. The predicted octanol–water partition coefficient (Wildman–Crippen LogP) is -0.771. The molecule has 1 atom stereocenters. The minimum Gasteiger partial charge on any atom is -0.450 e. The van der Waals surface area contributed by atoms with Gasteiger partial charge in [-0.15, -0.1) is 0 Å². The quantitative estimate of drug-likeness (QED) is 0.592. The molecule has 1 aliphatic heterocycles. The van der Waals surface area contributed by atoms with Crippen molar-refractivity contribution < 1.29 is 26.4 Å². The van der Waals surface area contributed by atoms with E-state index in [-0.39, 0.29) is 37.6 Å². The van der Waals surface area contributed by atoms with Crippen LogP contribution >= 0.6 is 0 Å². The van der Waals surface area contributed by atoms with Crippen molar-refractivity contribution in [3.05, 3.63) is 0 Å². The van der Waals surface area contributed by atoms with Crippen molar-refractivity contribution in [2.45, 2.75) is 25.0 Å². The molecule has 118 valence electrons. The average Bonchev–Trinajstić information content (AvgIpc) is 2.70. The molecular weight excluding hydrogens is 308 g/mol. The van der Waals surface area contributed by atoms with Crippen molar-refractivity contribution in [3.8, 4) is 0 Å². The zero-order valence-corrected chi connectivity index (χ0v) is 12.9. The number of hydrogen-bond donors (Lipinski definition) is 2. The Kier molecular flexibility index (Phi) is 6.21. The number of sulfonamides is 1. The number of amides is 1. The third-order valence-electron chi connectivity index (χ3n) is 2.83. The van der Waals surface area contributed by atoms with Crippen LogP contribution in [0.1, 0.15) is 19.8 Å². The van der Waals surface area contributed by atoms with Gasteiger partial charge in [-0.05, 0) is 19.8 Å². The number of alkyl carbamates (subject to hydrolysis) is 1. The van der Waals surface area contributed by atoms with E-state index in [1.54, 1.807) is 6.92 Å². The maximum atomic E-state index is 11.8. The highest BCUT2D eigenvalue weighted by atomic mass is 32.2. The van der Waals surface area contributed by atoms with Gasteiger partial charge in [0, 0.05) is 13.1 Å². The normalized spacial score (nSPS) is 21.6. The first-order chi connectivity index (χ1) is 9.27. The van der Waals surface area contributed by atoms with Gasteiger partial charge in [-0.3, -0.25) is 0 Å². The fraction of sp³-hybridized carbons (Fsp3) is 0.900. The highest BCUT2D eigenvalue weighted by molar-refractivity contribution is 7.95. The summed E-state index contributed by atoms with van der Waals surface area (Å²) in [6.45, 7) is 2.38. The van der Waals surface area contributed by atoms with Gasteiger partial charge < -0.3 is 10.1 Å². The van der Waals surface area contributed by atoms with Gasteiger partial charge >= 0.3 is 6.09 Å². The lowest BCUT2D eigenvalue weighted by molar-refractivity contribution is 0.152. The van der Waals surface area contributed by atoms with E-state index >= 15 is 0 Å². The number of rotatable bonds is 7. The molecule has 0 radical (unpaired) electrons. The first-order valence-electron chi connectivity index (χ1n) is 6.36. The van der Waals surface area contributed by atoms with E-state index in [4.69, 9.17) is 0 Å². The first-order valence-corrected chi connectivity index (χ1v) is 9.73. The molecule has 1 unspecified atom stereocenters. The van der Waals surface area contributed by atoms with E-state index in [2.05, 4.69) is 14.8 Å². The monoisotopic (exact) mass is 328 g/mol. The van der Waals surface area contributed by atoms with Crippen molar-refractivity contribution in [3.63, 3.8) is 0 Å². The molecule has 1 aliphatic rings. The summed E-state index contributed by atoms with van der Waals surface area (Å²) >= 11 is 0. The second kappa shape index (κ2) is 7.23. The van der Waals surface area contributed by atoms with Crippen LogP contribution in [-0.4, -0.2) is 59.4 Å². The van der Waals surface area contributed by atoms with Gasteiger partial charge in [-0.2, -0.15) is 0 Å². The molecule has 0 aromatic heterocycles. The Bertz CT molecular complexity index is 528. The van der Waals surface area contributed by atoms with Crippen molar-refractivity contribution in [1.82, 2.24) is 10.0 Å². The molecule has 0 spiro atoms. The summed E-state index contributed by atoms with van der Waals surface area (Å²) in [5, 5.41) is 1.59. The number of hydrogen-bond acceptors (Lipinski definition) is 6. The predicted molar refractivity (Wildman–Crippen MR) is 73.6 cm³/mol. The molecule has 0 aromatic rings. The molecule has 0 aliphatic carbocycles. The van der Waals surface area contributed by atoms with Gasteiger partial charge in [0.15, 0.2) is 9.84 Å². The summed E-state index contributed by atoms with van der Waals surface area (Å²) in [6, 6.07) is 0. The Morgan fingerprint density at radius 3 is 2.60 bits per heavy atom. The molecule has 1 fully saturated rings. The van der Waals surface area contributed by atoms with Crippen LogP contribution in [0.4, 0.5) is 4.79 Å². The van der Waals surface area contributed by atoms with Gasteiger partial charge in [0.1, 0.15) is 0 Å². The molecule has 1 heterocycles. The number of carbonyl (C=O) groups is 1. The largest absolute Gasteiger partial charge is 0.450 e. The van der Waals surface area contributed by atoms with Crippen molar-refractivity contribution in [2.24, 2.45) is 0 Å². The summed E-state index contributed by atoms with van der Waals surface area (Å²) in [7, 11) is -6.84. The zero-order valence-electron chi connectivity index (χ0n) is 11.3. The molecule has 20 heavy (non-hydrogen) atoms. The van der Waals surface area contributed by atoms with Crippen LogP contribution in [0, 0.1) is 0 Å². The third-order valence-corrected chi connectivity index (χ3v) is 6.70. The molecule has 10 heteroatoms. The minimum atomic E-state index is -3.62. The van der Waals surface area contributed by atoms with Gasteiger partial charge in [0.05, 0.1) is 23.4 Å². The van der Waals surface area contributed by atoms with Crippen LogP contribution in [0.3, 0.4) is 0 Å². The lowest BCUT2D eigenvalue weighted by atomic mass is 10.4. The number of ether oxygens (including phenoxy) is 1. The molecule has 0 bridgehead atoms. The Balaban J connectivity index is 2.26. The van der Waals surface area contributed by atoms with Crippen LogP contribution < -0.4 is 10.0 Å². The molecule has 2 N–H and O–H groups in total. The number of nitrogens with one attached hydrogen (secondary N) is 2. The van der Waals surface area contributed by atoms with E-state index in [9.17, 15) is 21.6 Å². The minimum absolute atomic E-state index is 0.0804. The molecule has 8 nitrogen and oxygen atoms in total. The number of sulfone groups is 1. The smallest absolute Gasteiger partial charge is 0.407 e. The van der Waals surface area contributed by atoms with Crippen LogP contribution in [0.2, 0.25) is 0 Å². The third kappa shape index (κ3) is 5.63. The van der Waals surface area contributed by atoms with Gasteiger partial charge in [-0.1, -0.05) is 0 Å². The van der Waals surface area contributed by atoms with Crippen LogP contribution in [-0.2, 0) is 24.6 Å². The average molecular weight is 328 g/mol. The second-order valence-electron chi connectivity index (χ2n) is 4.47. The molecule has 0 saturated carbocycles. The summed E-state index contributed by atoms with van der Waals surface area (Å²) in [5.41, 5.74) is 0. The maximum Gasteiger partial charge on any atom is 0.407 e. The second-order valence-corrected chi connectivity index (χ2v) is 8.74. The van der Waals surface area contributed by atoms with Gasteiger partial charge in [-0.25, -0.2) is 26.4 Å². The first kappa shape index (κ1) is 17.2. The van der Waals surface area contributed by atoms with Crippen LogP contribution in [0.5, 0.6) is 0 Å². The molecule has 1 rings (SSSR count). The molecule has 0 aromatic carbocycles. The number of carbonyl (C=O) groups excluding carboxylic acids is 1. The lowest BCUT2D eigenvalue weighted by Gasteiger charge is -2.11.